The number of methoxy groups -OCH3 is 1. The number of halogens is 3. The summed E-state index contributed by atoms with van der Waals surface area (Å²) in [5.41, 5.74) is -1.37. The number of rotatable bonds is 3. The van der Waals surface area contributed by atoms with Gasteiger partial charge in [-0.25, -0.2) is 4.79 Å². The molecule has 0 unspecified atom stereocenters. The second kappa shape index (κ2) is 8.53. The topological polar surface area (TPSA) is 118 Å². The lowest BCUT2D eigenvalue weighted by molar-refractivity contribution is -0.202. The SMILES string of the molecule is COc1ccc2c(c1)NC(=O)[C@@]21C[C@H]2[C@H]3CO[C@@H]1C[C@H]3[C@@](O)([C@@H](C)O)CN2C(=O)OCC(Cl)(Cl)Cl. The third-order valence-electron chi connectivity index (χ3n) is 8.19. The Kier molecular flexibility index (Phi) is 6.14. The van der Waals surface area contributed by atoms with Gasteiger partial charge in [0.2, 0.25) is 9.70 Å². The number of carbonyl (C=O) groups is 2. The van der Waals surface area contributed by atoms with E-state index in [-0.39, 0.29) is 31.4 Å². The Hall–Kier alpha value is -1.49. The predicted molar refractivity (Wildman–Crippen MR) is 128 cm³/mol. The van der Waals surface area contributed by atoms with Crippen molar-refractivity contribution in [3.05, 3.63) is 23.8 Å². The Morgan fingerprint density at radius 1 is 1.40 bits per heavy atom. The van der Waals surface area contributed by atoms with E-state index < -0.39 is 51.7 Å². The first-order valence-corrected chi connectivity index (χ1v) is 12.6. The first kappa shape index (κ1) is 25.2. The lowest BCUT2D eigenvalue weighted by Gasteiger charge is -2.54. The van der Waals surface area contributed by atoms with Crippen molar-refractivity contribution in [1.82, 2.24) is 4.90 Å². The monoisotopic (exact) mass is 548 g/mol. The average Bonchev–Trinajstić information content (AvgIpc) is 2.91. The summed E-state index contributed by atoms with van der Waals surface area (Å²) in [6.45, 7) is 1.03. The fraction of sp³-hybridized carbons (Fsp3) is 0.652. The average molecular weight is 550 g/mol. The van der Waals surface area contributed by atoms with Crippen LogP contribution in [0.25, 0.3) is 0 Å². The van der Waals surface area contributed by atoms with Gasteiger partial charge in [-0.15, -0.1) is 0 Å². The Balaban J connectivity index is 1.60. The highest BCUT2D eigenvalue weighted by Gasteiger charge is 2.67. The highest BCUT2D eigenvalue weighted by atomic mass is 35.6. The summed E-state index contributed by atoms with van der Waals surface area (Å²) in [6.07, 6.45) is -1.92. The molecule has 35 heavy (non-hydrogen) atoms. The maximum Gasteiger partial charge on any atom is 0.410 e. The normalized spacial score (nSPS) is 36.4. The molecule has 9 nitrogen and oxygen atoms in total. The van der Waals surface area contributed by atoms with Crippen molar-refractivity contribution in [3.63, 3.8) is 0 Å². The number of hydrogen-bond acceptors (Lipinski definition) is 7. The summed E-state index contributed by atoms with van der Waals surface area (Å²) < 4.78 is 15.0. The lowest BCUT2D eigenvalue weighted by atomic mass is 9.67. The largest absolute Gasteiger partial charge is 0.497 e. The molecule has 12 heteroatoms. The first-order chi connectivity index (χ1) is 16.4. The molecule has 4 aliphatic heterocycles. The smallest absolute Gasteiger partial charge is 0.410 e. The molecule has 5 aliphatic rings. The van der Waals surface area contributed by atoms with Crippen LogP contribution in [-0.4, -0.2) is 81.6 Å². The Labute approximate surface area is 217 Å². The molecular weight excluding hydrogens is 523 g/mol. The number of nitrogens with zero attached hydrogens (tertiary/aromatic N) is 1. The standard InChI is InChI=1S/C23H27Cl3N2O7/c1-11(29)22(32)9-28(20(31)35-10-23(24,25)26)17-7-21(18-6-15(22)13(17)8-34-18)14-4-3-12(33-2)5-16(14)27-19(21)30/h3-5,11,13,15,17-18,29,32H,6-10H2,1-2H3,(H,27,30)/t11-,13+,15-,17+,18-,21+,22+/m1/s1. The van der Waals surface area contributed by atoms with Gasteiger partial charge in [-0.05, 0) is 31.4 Å². The van der Waals surface area contributed by atoms with Crippen LogP contribution in [0.4, 0.5) is 10.5 Å². The number of anilines is 1. The minimum absolute atomic E-state index is 0.185. The molecular formula is C23H27Cl3N2O7. The van der Waals surface area contributed by atoms with E-state index in [0.717, 1.165) is 5.56 Å². The zero-order valence-electron chi connectivity index (χ0n) is 19.2. The van der Waals surface area contributed by atoms with Crippen LogP contribution in [0.3, 0.4) is 0 Å². The first-order valence-electron chi connectivity index (χ1n) is 11.4. The Morgan fingerprint density at radius 3 is 2.80 bits per heavy atom. The molecule has 0 aromatic heterocycles. The van der Waals surface area contributed by atoms with E-state index in [2.05, 4.69) is 5.32 Å². The molecule has 4 bridgehead atoms. The number of aliphatic hydroxyl groups is 2. The van der Waals surface area contributed by atoms with E-state index in [0.29, 0.717) is 17.9 Å². The van der Waals surface area contributed by atoms with Crippen LogP contribution in [-0.2, 0) is 19.7 Å². The zero-order valence-corrected chi connectivity index (χ0v) is 21.4. The third-order valence-corrected chi connectivity index (χ3v) is 8.52. The van der Waals surface area contributed by atoms with Gasteiger partial charge in [-0.1, -0.05) is 40.9 Å². The van der Waals surface area contributed by atoms with E-state index in [1.54, 1.807) is 19.2 Å². The summed E-state index contributed by atoms with van der Waals surface area (Å²) in [7, 11) is 1.55. The molecule has 1 spiro atoms. The third kappa shape index (κ3) is 3.86. The molecule has 4 fully saturated rings. The number of nitrogens with one attached hydrogen (secondary N) is 1. The number of fused-ring (bicyclic) bond motifs is 2. The molecule has 6 rings (SSSR count). The maximum atomic E-state index is 13.6. The van der Waals surface area contributed by atoms with Gasteiger partial charge in [0.15, 0.2) is 0 Å². The molecule has 1 saturated carbocycles. The molecule has 2 amide bonds. The van der Waals surface area contributed by atoms with Gasteiger partial charge in [-0.2, -0.15) is 0 Å². The molecule has 1 aromatic rings. The van der Waals surface area contributed by atoms with Crippen molar-refractivity contribution >= 4 is 52.5 Å². The van der Waals surface area contributed by atoms with Gasteiger partial charge in [0.05, 0.1) is 32.5 Å². The number of aliphatic hydroxyl groups excluding tert-OH is 1. The lowest BCUT2D eigenvalue weighted by Crippen LogP contribution is -2.68. The molecule has 1 aliphatic carbocycles. The number of hydrogen-bond donors (Lipinski definition) is 3. The summed E-state index contributed by atoms with van der Waals surface area (Å²) >= 11 is 17.3. The molecule has 4 heterocycles. The van der Waals surface area contributed by atoms with Crippen LogP contribution < -0.4 is 10.1 Å². The van der Waals surface area contributed by atoms with Crippen molar-refractivity contribution < 1.29 is 34.0 Å². The number of amides is 2. The van der Waals surface area contributed by atoms with Crippen molar-refractivity contribution in [2.24, 2.45) is 11.8 Å². The Morgan fingerprint density at radius 2 is 2.14 bits per heavy atom. The van der Waals surface area contributed by atoms with Gasteiger partial charge in [0.1, 0.15) is 23.4 Å². The van der Waals surface area contributed by atoms with Gasteiger partial charge < -0.3 is 34.6 Å². The van der Waals surface area contributed by atoms with E-state index in [9.17, 15) is 19.8 Å². The minimum atomic E-state index is -1.82. The summed E-state index contributed by atoms with van der Waals surface area (Å²) in [4.78, 5) is 28.2. The molecule has 192 valence electrons. The molecule has 3 saturated heterocycles. The van der Waals surface area contributed by atoms with Crippen LogP contribution >= 0.6 is 34.8 Å². The van der Waals surface area contributed by atoms with Gasteiger partial charge in [-0.3, -0.25) is 4.79 Å². The minimum Gasteiger partial charge on any atom is -0.497 e. The summed E-state index contributed by atoms with van der Waals surface area (Å²) in [5.74, 6) is -0.388. The summed E-state index contributed by atoms with van der Waals surface area (Å²) in [6, 6.07) is 4.85. The Bertz CT molecular complexity index is 1050. The number of carbonyl (C=O) groups excluding carboxylic acids is 2. The number of ether oxygens (including phenoxy) is 3. The second-order valence-electron chi connectivity index (χ2n) is 9.90. The van der Waals surface area contributed by atoms with Crippen LogP contribution in [0.1, 0.15) is 25.3 Å². The van der Waals surface area contributed by atoms with Crippen LogP contribution in [0.15, 0.2) is 18.2 Å². The number of alkyl halides is 3. The van der Waals surface area contributed by atoms with Crippen molar-refractivity contribution in [2.75, 3.05) is 32.2 Å². The van der Waals surface area contributed by atoms with Crippen LogP contribution in [0.2, 0.25) is 0 Å². The zero-order chi connectivity index (χ0) is 25.3. The molecule has 7 atom stereocenters. The van der Waals surface area contributed by atoms with E-state index in [1.165, 1.54) is 11.8 Å². The van der Waals surface area contributed by atoms with Crippen molar-refractivity contribution in [2.45, 2.75) is 52.8 Å². The number of piperidine rings is 1. The second-order valence-corrected chi connectivity index (χ2v) is 12.4. The number of likely N-dealkylation sites (tertiary alicyclic amines) is 1. The highest BCUT2D eigenvalue weighted by Crippen LogP contribution is 2.57. The van der Waals surface area contributed by atoms with Crippen LogP contribution in [0.5, 0.6) is 5.75 Å². The molecule has 1 aromatic carbocycles. The molecule has 0 radical (unpaired) electrons. The predicted octanol–water partition coefficient (Wildman–Crippen LogP) is 2.61. The van der Waals surface area contributed by atoms with E-state index >= 15 is 0 Å². The van der Waals surface area contributed by atoms with E-state index in [1.807, 2.05) is 6.07 Å². The van der Waals surface area contributed by atoms with Crippen molar-refractivity contribution in [3.8, 4) is 5.75 Å². The number of benzene rings is 1. The maximum absolute atomic E-state index is 13.6. The fourth-order valence-corrected chi connectivity index (χ4v) is 6.63. The molecule has 3 N–H and O–H groups in total. The van der Waals surface area contributed by atoms with Crippen LogP contribution in [0, 0.1) is 11.8 Å². The van der Waals surface area contributed by atoms with Gasteiger partial charge >= 0.3 is 6.09 Å². The quantitative estimate of drug-likeness (QED) is 0.496. The fourth-order valence-electron chi connectivity index (χ4n) is 6.47. The highest BCUT2D eigenvalue weighted by molar-refractivity contribution is 6.67. The van der Waals surface area contributed by atoms with Gasteiger partial charge in [0.25, 0.3) is 0 Å². The van der Waals surface area contributed by atoms with E-state index in [4.69, 9.17) is 49.0 Å². The van der Waals surface area contributed by atoms with Crippen molar-refractivity contribution in [1.29, 1.82) is 0 Å². The van der Waals surface area contributed by atoms with Gasteiger partial charge in [0, 0.05) is 29.6 Å². The summed E-state index contributed by atoms with van der Waals surface area (Å²) in [5, 5.41) is 25.2. The number of β-amino-alcohol motifs (C(OH)–C–C–N with tert-alkyl or cyclic N) is 1.